The monoisotopic (exact) mass is 335 g/mol. The number of carbonyl (C=O) groups is 1. The fourth-order valence-electron chi connectivity index (χ4n) is 2.25. The van der Waals surface area contributed by atoms with Crippen LogP contribution >= 0.6 is 0 Å². The van der Waals surface area contributed by atoms with Crippen molar-refractivity contribution in [2.45, 2.75) is 26.9 Å². The van der Waals surface area contributed by atoms with Crippen molar-refractivity contribution < 1.29 is 23.0 Å². The van der Waals surface area contributed by atoms with Gasteiger partial charge in [0, 0.05) is 11.1 Å². The van der Waals surface area contributed by atoms with E-state index in [-0.39, 0.29) is 17.9 Å². The zero-order chi connectivity index (χ0) is 17.7. The van der Waals surface area contributed by atoms with Crippen LogP contribution in [0.5, 0.6) is 5.75 Å². The first kappa shape index (κ1) is 17.7. The van der Waals surface area contributed by atoms with Crippen molar-refractivity contribution in [3.05, 3.63) is 58.7 Å². The molecule has 0 fully saturated rings. The van der Waals surface area contributed by atoms with E-state index >= 15 is 0 Å². The molecule has 24 heavy (non-hydrogen) atoms. The number of hydrogen-bond acceptors (Lipinski definition) is 3. The Morgan fingerprint density at radius 1 is 1.17 bits per heavy atom. The fraction of sp³-hybridized carbons (Fsp3) is 0.278. The molecule has 0 aliphatic carbocycles. The minimum Gasteiger partial charge on any atom is -0.489 e. The number of rotatable bonds is 5. The summed E-state index contributed by atoms with van der Waals surface area (Å²) in [6, 6.07) is 9.82. The number of benzene rings is 2. The van der Waals surface area contributed by atoms with Gasteiger partial charge in [0.25, 0.3) is 6.43 Å². The van der Waals surface area contributed by atoms with Crippen LogP contribution in [0, 0.1) is 13.8 Å². The number of aryl methyl sites for hydroxylation is 2. The largest absolute Gasteiger partial charge is 0.489 e. The highest BCUT2D eigenvalue weighted by Crippen LogP contribution is 2.27. The van der Waals surface area contributed by atoms with Gasteiger partial charge in [-0.15, -0.1) is 0 Å². The summed E-state index contributed by atoms with van der Waals surface area (Å²) in [6.45, 7) is 4.04. The molecule has 1 amide bonds. The maximum atomic E-state index is 12.9. The van der Waals surface area contributed by atoms with Gasteiger partial charge in [-0.2, -0.15) is 0 Å². The number of amides is 1. The molecule has 0 aromatic heterocycles. The summed E-state index contributed by atoms with van der Waals surface area (Å²) >= 11 is 0. The second-order valence-electron chi connectivity index (χ2n) is 5.39. The summed E-state index contributed by atoms with van der Waals surface area (Å²) in [4.78, 5) is 11.4. The number of methoxy groups -OCH3 is 1. The van der Waals surface area contributed by atoms with Crippen LogP contribution in [-0.4, -0.2) is 13.2 Å². The molecule has 4 nitrogen and oxygen atoms in total. The lowest BCUT2D eigenvalue weighted by molar-refractivity contribution is 0.151. The molecule has 6 heteroatoms. The van der Waals surface area contributed by atoms with Crippen LogP contribution in [0.2, 0.25) is 0 Å². The van der Waals surface area contributed by atoms with Gasteiger partial charge < -0.3 is 9.47 Å². The first-order valence-electron chi connectivity index (χ1n) is 7.36. The van der Waals surface area contributed by atoms with E-state index in [4.69, 9.17) is 4.74 Å². The van der Waals surface area contributed by atoms with Gasteiger partial charge in [-0.1, -0.05) is 29.8 Å². The molecule has 128 valence electrons. The molecule has 0 saturated carbocycles. The van der Waals surface area contributed by atoms with Crippen LogP contribution in [-0.2, 0) is 11.3 Å². The minimum atomic E-state index is -2.63. The van der Waals surface area contributed by atoms with Gasteiger partial charge in [-0.3, -0.25) is 5.32 Å². The number of hydrogen-bond donors (Lipinski definition) is 1. The number of nitrogens with one attached hydrogen (secondary N) is 1. The summed E-state index contributed by atoms with van der Waals surface area (Å²) < 4.78 is 36.0. The molecule has 2 aromatic rings. The van der Waals surface area contributed by atoms with Gasteiger partial charge in [0.2, 0.25) is 0 Å². The highest BCUT2D eigenvalue weighted by molar-refractivity contribution is 5.85. The number of halogens is 2. The molecular formula is C18H19F2NO3. The van der Waals surface area contributed by atoms with Crippen LogP contribution in [0.4, 0.5) is 19.3 Å². The number of anilines is 1. The van der Waals surface area contributed by atoms with E-state index in [2.05, 4.69) is 10.1 Å². The van der Waals surface area contributed by atoms with Gasteiger partial charge in [0.1, 0.15) is 12.4 Å². The topological polar surface area (TPSA) is 47.6 Å². The molecule has 0 saturated heterocycles. The van der Waals surface area contributed by atoms with E-state index in [9.17, 15) is 13.6 Å². The van der Waals surface area contributed by atoms with Crippen LogP contribution in [0.15, 0.2) is 36.4 Å². The van der Waals surface area contributed by atoms with E-state index < -0.39 is 12.5 Å². The predicted octanol–water partition coefficient (Wildman–Crippen LogP) is 5.00. The third kappa shape index (κ3) is 4.44. The molecule has 0 spiro atoms. The summed E-state index contributed by atoms with van der Waals surface area (Å²) in [5.41, 5.74) is 2.72. The molecule has 0 aliphatic rings. The quantitative estimate of drug-likeness (QED) is 0.836. The normalized spacial score (nSPS) is 10.6. The van der Waals surface area contributed by atoms with E-state index in [0.29, 0.717) is 11.3 Å². The van der Waals surface area contributed by atoms with Gasteiger partial charge >= 0.3 is 6.09 Å². The maximum absolute atomic E-state index is 12.9. The van der Waals surface area contributed by atoms with Crippen LogP contribution < -0.4 is 10.1 Å². The van der Waals surface area contributed by atoms with Crippen molar-refractivity contribution in [1.29, 1.82) is 0 Å². The van der Waals surface area contributed by atoms with Gasteiger partial charge in [0.05, 0.1) is 12.8 Å². The summed E-state index contributed by atoms with van der Waals surface area (Å²) in [5.74, 6) is 0.697. The Hall–Kier alpha value is -2.63. The van der Waals surface area contributed by atoms with Crippen LogP contribution in [0.1, 0.15) is 28.7 Å². The Morgan fingerprint density at radius 3 is 2.54 bits per heavy atom. The minimum absolute atomic E-state index is 0.132. The van der Waals surface area contributed by atoms with Crippen molar-refractivity contribution in [3.8, 4) is 5.75 Å². The number of ether oxygens (including phenoxy) is 2. The zero-order valence-corrected chi connectivity index (χ0v) is 13.7. The number of alkyl halides is 2. The molecule has 0 bridgehead atoms. The summed E-state index contributed by atoms with van der Waals surface area (Å²) in [6.07, 6.45) is -3.35. The van der Waals surface area contributed by atoms with E-state index in [1.807, 2.05) is 32.0 Å². The Morgan fingerprint density at radius 2 is 1.92 bits per heavy atom. The molecule has 0 aliphatic heterocycles. The molecule has 2 rings (SSSR count). The van der Waals surface area contributed by atoms with E-state index in [0.717, 1.165) is 11.1 Å². The lowest BCUT2D eigenvalue weighted by Gasteiger charge is -2.14. The average Bonchev–Trinajstić information content (AvgIpc) is 2.54. The highest BCUT2D eigenvalue weighted by atomic mass is 19.3. The molecule has 2 aromatic carbocycles. The first-order chi connectivity index (χ1) is 11.4. The van der Waals surface area contributed by atoms with Gasteiger partial charge in [0.15, 0.2) is 0 Å². The standard InChI is InChI=1S/C18H19F2NO3/c1-11-4-7-16(12(2)8-11)24-10-14-6-5-13(17(19)20)9-15(14)21-18(22)23-3/h4-9,17H,10H2,1-3H3,(H,21,22). The lowest BCUT2D eigenvalue weighted by atomic mass is 10.1. The van der Waals surface area contributed by atoms with Crippen LogP contribution in [0.3, 0.4) is 0 Å². The Bertz CT molecular complexity index is 732. The predicted molar refractivity (Wildman–Crippen MR) is 87.7 cm³/mol. The Balaban J connectivity index is 2.22. The van der Waals surface area contributed by atoms with Crippen molar-refractivity contribution >= 4 is 11.8 Å². The second-order valence-corrected chi connectivity index (χ2v) is 5.39. The maximum Gasteiger partial charge on any atom is 0.411 e. The molecule has 0 unspecified atom stereocenters. The number of carbonyl (C=O) groups excluding carboxylic acids is 1. The Labute approximate surface area is 139 Å². The summed E-state index contributed by atoms with van der Waals surface area (Å²) in [5, 5.41) is 2.44. The molecule has 0 atom stereocenters. The zero-order valence-electron chi connectivity index (χ0n) is 13.7. The summed E-state index contributed by atoms with van der Waals surface area (Å²) in [7, 11) is 1.21. The van der Waals surface area contributed by atoms with E-state index in [1.165, 1.54) is 25.3 Å². The second kappa shape index (κ2) is 7.77. The Kier molecular flexibility index (Phi) is 5.73. The van der Waals surface area contributed by atoms with E-state index in [1.54, 1.807) is 0 Å². The smallest absolute Gasteiger partial charge is 0.411 e. The average molecular weight is 335 g/mol. The van der Waals surface area contributed by atoms with Crippen molar-refractivity contribution in [1.82, 2.24) is 0 Å². The van der Waals surface area contributed by atoms with Crippen molar-refractivity contribution in [2.75, 3.05) is 12.4 Å². The third-order valence-electron chi connectivity index (χ3n) is 3.52. The molecule has 0 heterocycles. The third-order valence-corrected chi connectivity index (χ3v) is 3.52. The molecular weight excluding hydrogens is 316 g/mol. The van der Waals surface area contributed by atoms with Crippen molar-refractivity contribution in [3.63, 3.8) is 0 Å². The molecule has 1 N–H and O–H groups in total. The van der Waals surface area contributed by atoms with Gasteiger partial charge in [-0.05, 0) is 31.5 Å². The molecule has 0 radical (unpaired) electrons. The highest BCUT2D eigenvalue weighted by Gasteiger charge is 2.13. The lowest BCUT2D eigenvalue weighted by Crippen LogP contribution is -2.13. The van der Waals surface area contributed by atoms with Gasteiger partial charge in [-0.25, -0.2) is 13.6 Å². The van der Waals surface area contributed by atoms with Crippen molar-refractivity contribution in [2.24, 2.45) is 0 Å². The van der Waals surface area contributed by atoms with Crippen LogP contribution in [0.25, 0.3) is 0 Å². The SMILES string of the molecule is COC(=O)Nc1cc(C(F)F)ccc1COc1ccc(C)cc1C. The fourth-order valence-corrected chi connectivity index (χ4v) is 2.25. The first-order valence-corrected chi connectivity index (χ1v) is 7.36.